The number of hydrogen-bond acceptors (Lipinski definition) is 16. The Morgan fingerprint density at radius 1 is 0.578 bits per heavy atom. The van der Waals surface area contributed by atoms with Gasteiger partial charge in [-0.25, -0.2) is 58.7 Å². The highest BCUT2D eigenvalue weighted by atomic mass is 35.5. The van der Waals surface area contributed by atoms with Crippen molar-refractivity contribution in [2.45, 2.75) is 0 Å². The van der Waals surface area contributed by atoms with Crippen LogP contribution in [0, 0.1) is 31.9 Å². The van der Waals surface area contributed by atoms with Crippen LogP contribution in [0.4, 0.5) is 43.7 Å². The zero-order valence-electron chi connectivity index (χ0n) is 32.7. The molecule has 2 aromatic carbocycles. The zero-order chi connectivity index (χ0) is 44.7. The van der Waals surface area contributed by atoms with Crippen LogP contribution < -0.4 is 20.7 Å². The fourth-order valence-electron chi connectivity index (χ4n) is 6.37. The van der Waals surface area contributed by atoms with Crippen LogP contribution in [-0.4, -0.2) is 85.9 Å². The summed E-state index contributed by atoms with van der Waals surface area (Å²) < 4.78 is 28.8. The summed E-state index contributed by atoms with van der Waals surface area (Å²) >= 11 is 13.3. The fourth-order valence-corrected chi connectivity index (χ4v) is 6.89. The molecular formula is C40H30Cl2F2N16O4. The van der Waals surface area contributed by atoms with Gasteiger partial charge in [-0.05, 0) is 48.5 Å². The zero-order valence-corrected chi connectivity index (χ0v) is 34.2. The molecule has 0 aliphatic heterocycles. The van der Waals surface area contributed by atoms with Crippen LogP contribution in [-0.2, 0) is 0 Å². The Morgan fingerprint density at radius 2 is 1.02 bits per heavy atom. The molecule has 0 aliphatic rings. The molecule has 0 amide bonds. The molecule has 20 nitrogen and oxygen atoms in total. The Balaban J connectivity index is 1.27. The largest absolute Gasteiger partial charge is 0.368 e. The van der Waals surface area contributed by atoms with E-state index in [0.29, 0.717) is 45.5 Å². The third-order valence-corrected chi connectivity index (χ3v) is 9.99. The number of anilines is 4. The monoisotopic (exact) mass is 906 g/mol. The number of nitrogens with one attached hydrogen (secondary N) is 4. The summed E-state index contributed by atoms with van der Waals surface area (Å²) in [6.07, 6.45) is 11.6. The first-order valence-electron chi connectivity index (χ1n) is 18.9. The molecule has 8 rings (SSSR count). The first-order chi connectivity index (χ1) is 31.0. The van der Waals surface area contributed by atoms with Crippen LogP contribution in [0.5, 0.6) is 0 Å². The number of halogens is 4. The summed E-state index contributed by atoms with van der Waals surface area (Å²) in [6.45, 7) is 0.327. The van der Waals surface area contributed by atoms with Crippen molar-refractivity contribution in [1.29, 1.82) is 0 Å². The highest BCUT2D eigenvalue weighted by Crippen LogP contribution is 2.37. The minimum Gasteiger partial charge on any atom is -0.368 e. The number of benzene rings is 2. The quantitative estimate of drug-likeness (QED) is 0.0498. The smallest absolute Gasteiger partial charge is 0.287 e. The van der Waals surface area contributed by atoms with E-state index in [2.05, 4.69) is 40.5 Å². The maximum atomic E-state index is 14.4. The highest BCUT2D eigenvalue weighted by Gasteiger charge is 2.27. The van der Waals surface area contributed by atoms with Crippen LogP contribution >= 0.6 is 23.2 Å². The van der Waals surface area contributed by atoms with E-state index in [1.165, 1.54) is 60.9 Å². The second kappa shape index (κ2) is 18.8. The molecule has 24 heteroatoms. The number of rotatable bonds is 17. The van der Waals surface area contributed by atoms with Gasteiger partial charge in [-0.1, -0.05) is 23.2 Å². The van der Waals surface area contributed by atoms with E-state index in [4.69, 9.17) is 43.1 Å². The van der Waals surface area contributed by atoms with Gasteiger partial charge < -0.3 is 20.6 Å². The molecule has 0 spiro atoms. The number of H-pyrrole nitrogens is 2. The molecule has 0 bridgehead atoms. The topological polar surface area (TPSA) is 252 Å². The van der Waals surface area contributed by atoms with Crippen LogP contribution in [0.3, 0.4) is 0 Å². The normalized spacial score (nSPS) is 11.0. The van der Waals surface area contributed by atoms with Crippen molar-refractivity contribution in [3.8, 4) is 45.3 Å². The molecule has 0 atom stereocenters. The Labute approximate surface area is 369 Å². The van der Waals surface area contributed by atoms with Gasteiger partial charge in [0.1, 0.15) is 47.3 Å². The molecule has 0 fully saturated rings. The minimum absolute atomic E-state index is 0.0427. The molecule has 0 saturated carbocycles. The number of aromatic nitrogens is 10. The van der Waals surface area contributed by atoms with Crippen molar-refractivity contribution in [1.82, 2.24) is 49.8 Å². The Kier molecular flexibility index (Phi) is 12.5. The molecular weight excluding hydrogens is 877 g/mol. The van der Waals surface area contributed by atoms with Crippen molar-refractivity contribution in [3.63, 3.8) is 0 Å². The van der Waals surface area contributed by atoms with Gasteiger partial charge in [0, 0.05) is 73.5 Å². The van der Waals surface area contributed by atoms with Crippen molar-refractivity contribution in [3.05, 3.63) is 152 Å². The highest BCUT2D eigenvalue weighted by molar-refractivity contribution is 6.33. The van der Waals surface area contributed by atoms with E-state index in [1.54, 1.807) is 34.8 Å². The summed E-state index contributed by atoms with van der Waals surface area (Å²) in [7, 11) is 0. The van der Waals surface area contributed by atoms with E-state index in [1.807, 2.05) is 0 Å². The van der Waals surface area contributed by atoms with Gasteiger partial charge in [0.2, 0.25) is 11.9 Å². The maximum Gasteiger partial charge on any atom is 0.287 e. The molecule has 4 N–H and O–H groups in total. The number of nitro groups is 2. The van der Waals surface area contributed by atoms with E-state index in [0.717, 1.165) is 24.5 Å². The minimum atomic E-state index is -0.566. The van der Waals surface area contributed by atoms with E-state index >= 15 is 0 Å². The summed E-state index contributed by atoms with van der Waals surface area (Å²) in [6, 6.07) is 13.3. The molecule has 8 aromatic rings. The first kappa shape index (κ1) is 42.5. The fraction of sp³-hybridized carbons (Fsp3) is 0.100. The lowest BCUT2D eigenvalue weighted by molar-refractivity contribution is -0.385. The lowest BCUT2D eigenvalue weighted by Crippen LogP contribution is -2.49. The summed E-state index contributed by atoms with van der Waals surface area (Å²) in [4.78, 5) is 64.3. The third kappa shape index (κ3) is 9.46. The van der Waals surface area contributed by atoms with E-state index < -0.39 is 21.5 Å². The average Bonchev–Trinajstić information content (AvgIpc) is 4.04. The molecule has 0 unspecified atom stereocenters. The van der Waals surface area contributed by atoms with Crippen molar-refractivity contribution in [2.75, 3.05) is 46.8 Å². The Hall–Kier alpha value is -8.24. The molecule has 6 heterocycles. The van der Waals surface area contributed by atoms with Gasteiger partial charge in [0.15, 0.2) is 0 Å². The molecule has 0 aliphatic carbocycles. The van der Waals surface area contributed by atoms with Gasteiger partial charge >= 0.3 is 0 Å². The van der Waals surface area contributed by atoms with Crippen LogP contribution in [0.15, 0.2) is 110 Å². The second-order valence-corrected chi connectivity index (χ2v) is 14.2. The van der Waals surface area contributed by atoms with Crippen molar-refractivity contribution < 1.29 is 18.6 Å². The van der Waals surface area contributed by atoms with Gasteiger partial charge in [-0.2, -0.15) is 0 Å². The molecule has 6 aromatic heterocycles. The number of hydrazine groups is 1. The average molecular weight is 908 g/mol. The lowest BCUT2D eigenvalue weighted by Gasteiger charge is -2.35. The van der Waals surface area contributed by atoms with E-state index in [9.17, 15) is 29.0 Å². The summed E-state index contributed by atoms with van der Waals surface area (Å²) in [5.74, 6) is 0.441. The molecule has 64 heavy (non-hydrogen) atoms. The van der Waals surface area contributed by atoms with Crippen molar-refractivity contribution in [2.24, 2.45) is 0 Å². The second-order valence-electron chi connectivity index (χ2n) is 13.4. The van der Waals surface area contributed by atoms with Crippen LogP contribution in [0.2, 0.25) is 10.0 Å². The standard InChI is InChI=1S/C40H30Cl2F2N16O4/c41-31-17-23(43)1-5-27(31)35-29(37-47-9-10-48-37)21-53-39(55-35)57(15-13-45-33-7-3-25(19-51-33)59(61)62)58(16-14-46-34-8-4-26(20-52-34)60(63)64)40-54-22-30(38-49-11-12-50-38)36(56-40)28-6-2-24(44)18-32(28)42/h1-12,17-22H,13-16H2,(H,45,51)(H,46,52)(H,47,48)(H,49,50). The number of nitrogens with zero attached hydrogens (tertiary/aromatic N) is 12. The van der Waals surface area contributed by atoms with Crippen LogP contribution in [0.1, 0.15) is 0 Å². The Morgan fingerprint density at radius 3 is 1.36 bits per heavy atom. The number of imidazole rings is 2. The Bertz CT molecular complexity index is 2730. The van der Waals surface area contributed by atoms with Gasteiger partial charge in [0.25, 0.3) is 11.4 Å². The van der Waals surface area contributed by atoms with E-state index in [-0.39, 0.29) is 70.9 Å². The maximum absolute atomic E-state index is 14.4. The third-order valence-electron chi connectivity index (χ3n) is 9.36. The molecule has 0 saturated heterocycles. The van der Waals surface area contributed by atoms with Gasteiger partial charge in [-0.3, -0.25) is 20.2 Å². The number of pyridine rings is 2. The molecule has 322 valence electrons. The lowest BCUT2D eigenvalue weighted by atomic mass is 10.1. The van der Waals surface area contributed by atoms with Crippen LogP contribution in [0.25, 0.3) is 45.3 Å². The number of hydrogen-bond donors (Lipinski definition) is 4. The van der Waals surface area contributed by atoms with Gasteiger partial charge in [0.05, 0.1) is 55.5 Å². The molecule has 0 radical (unpaired) electrons. The SMILES string of the molecule is O=[N+]([O-])c1ccc(NCCN(c2ncc(-c3ncc[nH]3)c(-c3ccc(F)cc3Cl)n2)N(CCNc2ccc([N+](=O)[O-])cn2)c2ncc(-c3ncc[nH]3)c(-c3ccc(F)cc3Cl)n2)nc1. The van der Waals surface area contributed by atoms with Gasteiger partial charge in [-0.15, -0.1) is 0 Å². The summed E-state index contributed by atoms with van der Waals surface area (Å²) in [5.41, 5.74) is 1.74. The predicted molar refractivity (Wildman–Crippen MR) is 233 cm³/mol. The predicted octanol–water partition coefficient (Wildman–Crippen LogP) is 8.02. The number of aromatic amines is 2. The summed E-state index contributed by atoms with van der Waals surface area (Å²) in [5, 5.41) is 32.4. The van der Waals surface area contributed by atoms with Crippen molar-refractivity contribution >= 4 is 58.1 Å². The first-order valence-corrected chi connectivity index (χ1v) is 19.7.